The number of aliphatic hydroxyl groups excluding tert-OH is 1. The summed E-state index contributed by atoms with van der Waals surface area (Å²) < 4.78 is 11.2. The Morgan fingerprint density at radius 1 is 0.892 bits per heavy atom. The Balaban J connectivity index is 1.55. The molecule has 0 heterocycles. The fourth-order valence-corrected chi connectivity index (χ4v) is 3.66. The summed E-state index contributed by atoms with van der Waals surface area (Å²) >= 11 is 0. The Labute approximate surface area is 217 Å². The van der Waals surface area contributed by atoms with Crippen LogP contribution in [0.4, 0.5) is 16.2 Å². The minimum atomic E-state index is -0.442. The average Bonchev–Trinajstić information content (AvgIpc) is 2.92. The second-order valence-corrected chi connectivity index (χ2v) is 8.21. The Morgan fingerprint density at radius 3 is 2.27 bits per heavy atom. The van der Waals surface area contributed by atoms with Gasteiger partial charge in [-0.1, -0.05) is 26.0 Å². The van der Waals surface area contributed by atoms with Gasteiger partial charge in [0.25, 0.3) is 5.91 Å². The quantitative estimate of drug-likeness (QED) is 0.283. The van der Waals surface area contributed by atoms with Gasteiger partial charge in [-0.2, -0.15) is 0 Å². The summed E-state index contributed by atoms with van der Waals surface area (Å²) in [6.45, 7) is 7.26. The largest absolute Gasteiger partial charge is 0.496 e. The van der Waals surface area contributed by atoms with E-state index in [9.17, 15) is 14.7 Å². The number of amides is 3. The molecule has 9 nitrogen and oxygen atoms in total. The third-order valence-corrected chi connectivity index (χ3v) is 5.74. The lowest BCUT2D eigenvalue weighted by Crippen LogP contribution is -2.34. The standard InChI is InChI=1S/C28H34N4O5/c1-4-32(5-2)16-15-29-27(34)25-14-11-22(18-26(25)36-3)31-28(35)30-21-9-12-23(13-10-21)37-24-8-6-7-20(17-24)19-33/h6-14,17-18,33H,4-5,15-16,19H2,1-3H3,(H,29,34)(H2,30,31,35). The second kappa shape index (κ2) is 13.9. The van der Waals surface area contributed by atoms with Gasteiger partial charge < -0.3 is 35.4 Å². The van der Waals surface area contributed by atoms with Crippen LogP contribution in [0, 0.1) is 0 Å². The van der Waals surface area contributed by atoms with Crippen LogP contribution in [0.3, 0.4) is 0 Å². The number of hydrogen-bond acceptors (Lipinski definition) is 6. The number of ether oxygens (including phenoxy) is 2. The molecule has 0 aliphatic rings. The number of hydrogen-bond donors (Lipinski definition) is 4. The van der Waals surface area contributed by atoms with Gasteiger partial charge in [0.05, 0.1) is 19.3 Å². The molecule has 3 aromatic rings. The van der Waals surface area contributed by atoms with E-state index in [4.69, 9.17) is 9.47 Å². The minimum Gasteiger partial charge on any atom is -0.496 e. The topological polar surface area (TPSA) is 112 Å². The SMILES string of the molecule is CCN(CC)CCNC(=O)c1ccc(NC(=O)Nc2ccc(Oc3cccc(CO)c3)cc2)cc1OC. The summed E-state index contributed by atoms with van der Waals surface area (Å²) in [6, 6.07) is 18.5. The van der Waals surface area contributed by atoms with Crippen molar-refractivity contribution in [1.29, 1.82) is 0 Å². The number of anilines is 2. The van der Waals surface area contributed by atoms with Crippen molar-refractivity contribution in [3.05, 3.63) is 77.9 Å². The normalized spacial score (nSPS) is 10.6. The molecule has 0 spiro atoms. The van der Waals surface area contributed by atoms with Crippen molar-refractivity contribution >= 4 is 23.3 Å². The molecule has 9 heteroatoms. The summed E-state index contributed by atoms with van der Waals surface area (Å²) in [4.78, 5) is 27.3. The number of nitrogens with zero attached hydrogens (tertiary/aromatic N) is 1. The van der Waals surface area contributed by atoms with Crippen molar-refractivity contribution < 1.29 is 24.2 Å². The van der Waals surface area contributed by atoms with Gasteiger partial charge in [0.1, 0.15) is 17.2 Å². The molecule has 0 atom stereocenters. The van der Waals surface area contributed by atoms with Crippen LogP contribution in [-0.2, 0) is 6.61 Å². The lowest BCUT2D eigenvalue weighted by atomic mass is 10.1. The maximum Gasteiger partial charge on any atom is 0.323 e. The summed E-state index contributed by atoms with van der Waals surface area (Å²) in [5, 5.41) is 17.7. The third-order valence-electron chi connectivity index (χ3n) is 5.74. The Hall–Kier alpha value is -4.08. The van der Waals surface area contributed by atoms with Crippen molar-refractivity contribution in [2.45, 2.75) is 20.5 Å². The molecule has 0 saturated carbocycles. The maximum atomic E-state index is 12.6. The molecule has 3 amide bonds. The van der Waals surface area contributed by atoms with Crippen LogP contribution < -0.4 is 25.4 Å². The number of benzene rings is 3. The Kier molecular flexibility index (Phi) is 10.3. The van der Waals surface area contributed by atoms with E-state index in [-0.39, 0.29) is 12.5 Å². The molecule has 0 aromatic heterocycles. The van der Waals surface area contributed by atoms with E-state index in [0.29, 0.717) is 40.7 Å². The van der Waals surface area contributed by atoms with Crippen molar-refractivity contribution in [1.82, 2.24) is 10.2 Å². The zero-order chi connectivity index (χ0) is 26.6. The van der Waals surface area contributed by atoms with Gasteiger partial charge in [0.2, 0.25) is 0 Å². The zero-order valence-corrected chi connectivity index (χ0v) is 21.4. The van der Waals surface area contributed by atoms with Crippen molar-refractivity contribution in [3.8, 4) is 17.2 Å². The summed E-state index contributed by atoms with van der Waals surface area (Å²) in [7, 11) is 1.48. The molecular formula is C28H34N4O5. The number of nitrogens with one attached hydrogen (secondary N) is 3. The van der Waals surface area contributed by atoms with Gasteiger partial charge in [-0.05, 0) is 67.2 Å². The second-order valence-electron chi connectivity index (χ2n) is 8.21. The van der Waals surface area contributed by atoms with Crippen LogP contribution in [0.2, 0.25) is 0 Å². The first kappa shape index (κ1) is 27.5. The lowest BCUT2D eigenvalue weighted by Gasteiger charge is -2.18. The molecule has 0 aliphatic carbocycles. The van der Waals surface area contributed by atoms with Crippen LogP contribution in [0.25, 0.3) is 0 Å². The van der Waals surface area contributed by atoms with E-state index in [0.717, 1.165) is 25.2 Å². The Morgan fingerprint density at radius 2 is 1.59 bits per heavy atom. The van der Waals surface area contributed by atoms with Gasteiger partial charge in [-0.25, -0.2) is 4.79 Å². The summed E-state index contributed by atoms with van der Waals surface area (Å²) in [6.07, 6.45) is 0. The number of likely N-dealkylation sites (N-methyl/N-ethyl adjacent to an activating group) is 1. The summed E-state index contributed by atoms with van der Waals surface area (Å²) in [5.41, 5.74) is 2.21. The molecule has 3 rings (SSSR count). The van der Waals surface area contributed by atoms with Gasteiger partial charge in [0.15, 0.2) is 0 Å². The summed E-state index contributed by atoms with van der Waals surface area (Å²) in [5.74, 6) is 1.34. The number of aliphatic hydroxyl groups is 1. The van der Waals surface area contributed by atoms with Crippen molar-refractivity contribution in [3.63, 3.8) is 0 Å². The minimum absolute atomic E-state index is 0.0616. The first-order valence-electron chi connectivity index (χ1n) is 12.2. The van der Waals surface area contributed by atoms with Crippen LogP contribution in [-0.4, -0.2) is 55.2 Å². The van der Waals surface area contributed by atoms with E-state index in [1.54, 1.807) is 54.6 Å². The molecule has 3 aromatic carbocycles. The number of rotatable bonds is 12. The fourth-order valence-electron chi connectivity index (χ4n) is 3.66. The highest BCUT2D eigenvalue weighted by Gasteiger charge is 2.14. The predicted molar refractivity (Wildman–Crippen MR) is 145 cm³/mol. The smallest absolute Gasteiger partial charge is 0.323 e. The molecule has 0 radical (unpaired) electrons. The average molecular weight is 507 g/mol. The van der Waals surface area contributed by atoms with Crippen LogP contribution in [0.1, 0.15) is 29.8 Å². The molecule has 0 saturated heterocycles. The van der Waals surface area contributed by atoms with Crippen molar-refractivity contribution in [2.75, 3.05) is 43.9 Å². The van der Waals surface area contributed by atoms with Crippen LogP contribution in [0.5, 0.6) is 17.2 Å². The van der Waals surface area contributed by atoms with Gasteiger partial charge >= 0.3 is 6.03 Å². The molecule has 4 N–H and O–H groups in total. The molecule has 0 aliphatic heterocycles. The highest BCUT2D eigenvalue weighted by atomic mass is 16.5. The van der Waals surface area contributed by atoms with Gasteiger partial charge in [-0.15, -0.1) is 0 Å². The highest BCUT2D eigenvalue weighted by molar-refractivity contribution is 6.01. The molecular weight excluding hydrogens is 472 g/mol. The number of carbonyl (C=O) groups excluding carboxylic acids is 2. The van der Waals surface area contributed by atoms with Crippen molar-refractivity contribution in [2.24, 2.45) is 0 Å². The monoisotopic (exact) mass is 506 g/mol. The van der Waals surface area contributed by atoms with E-state index in [1.165, 1.54) is 7.11 Å². The van der Waals surface area contributed by atoms with Gasteiger partial charge in [-0.3, -0.25) is 4.79 Å². The lowest BCUT2D eigenvalue weighted by molar-refractivity contribution is 0.0946. The number of carbonyl (C=O) groups is 2. The van der Waals surface area contributed by atoms with E-state index < -0.39 is 6.03 Å². The first-order valence-corrected chi connectivity index (χ1v) is 12.2. The van der Waals surface area contributed by atoms with E-state index in [2.05, 4.69) is 34.7 Å². The van der Waals surface area contributed by atoms with Crippen LogP contribution in [0.15, 0.2) is 66.7 Å². The molecule has 37 heavy (non-hydrogen) atoms. The number of methoxy groups -OCH3 is 1. The molecule has 0 unspecified atom stereocenters. The number of urea groups is 1. The Bertz CT molecular complexity index is 1180. The third kappa shape index (κ3) is 8.23. The predicted octanol–water partition coefficient (Wildman–Crippen LogP) is 4.70. The first-order chi connectivity index (χ1) is 17.9. The zero-order valence-electron chi connectivity index (χ0n) is 21.4. The van der Waals surface area contributed by atoms with Gasteiger partial charge in [0, 0.05) is 30.5 Å². The highest BCUT2D eigenvalue weighted by Crippen LogP contribution is 2.25. The van der Waals surface area contributed by atoms with E-state index in [1.807, 2.05) is 12.1 Å². The molecule has 196 valence electrons. The molecule has 0 bridgehead atoms. The molecule has 0 fully saturated rings. The van der Waals surface area contributed by atoms with E-state index >= 15 is 0 Å². The van der Waals surface area contributed by atoms with Crippen LogP contribution >= 0.6 is 0 Å². The maximum absolute atomic E-state index is 12.6. The fraction of sp³-hybridized carbons (Fsp3) is 0.286.